The Morgan fingerprint density at radius 2 is 1.67 bits per heavy atom. The quantitative estimate of drug-likeness (QED) is 0.303. The number of anilines is 1. The van der Waals surface area contributed by atoms with E-state index in [0.29, 0.717) is 16.3 Å². The third-order valence-electron chi connectivity index (χ3n) is 4.26. The van der Waals surface area contributed by atoms with Crippen molar-refractivity contribution in [2.45, 2.75) is 6.61 Å². The van der Waals surface area contributed by atoms with Crippen LogP contribution < -0.4 is 10.1 Å². The average Bonchev–Trinajstić information content (AvgIpc) is 3.15. The molecule has 3 aromatic carbocycles. The Labute approximate surface area is 175 Å². The van der Waals surface area contributed by atoms with Crippen molar-refractivity contribution >= 4 is 44.2 Å². The van der Waals surface area contributed by atoms with Crippen LogP contribution in [0.25, 0.3) is 21.9 Å². The number of alkyl halides is 2. The van der Waals surface area contributed by atoms with Gasteiger partial charge in [-0.15, -0.1) is 0 Å². The van der Waals surface area contributed by atoms with E-state index in [4.69, 9.17) is 0 Å². The summed E-state index contributed by atoms with van der Waals surface area (Å²) in [7, 11) is 0. The first-order chi connectivity index (χ1) is 14.6. The van der Waals surface area contributed by atoms with E-state index in [1.165, 1.54) is 23.5 Å². The summed E-state index contributed by atoms with van der Waals surface area (Å²) in [5, 5.41) is 3.37. The number of hydrogen-bond donors (Lipinski definition) is 1. The third kappa shape index (κ3) is 4.69. The highest BCUT2D eigenvalue weighted by Crippen LogP contribution is 2.27. The van der Waals surface area contributed by atoms with Gasteiger partial charge in [0.25, 0.3) is 5.91 Å². The topological polar surface area (TPSA) is 51.2 Å². The molecule has 0 fully saturated rings. The number of aromatic nitrogens is 1. The number of ether oxygens (including phenoxy) is 1. The molecule has 1 aromatic heterocycles. The first-order valence-electron chi connectivity index (χ1n) is 9.07. The number of carbonyl (C=O) groups excluding carboxylic acids is 1. The molecule has 0 aliphatic carbocycles. The predicted molar refractivity (Wildman–Crippen MR) is 116 cm³/mol. The van der Waals surface area contributed by atoms with E-state index >= 15 is 0 Å². The molecular weight excluding hydrogens is 406 g/mol. The molecule has 0 saturated heterocycles. The number of hydrogen-bond acceptors (Lipinski definition) is 4. The van der Waals surface area contributed by atoms with Crippen LogP contribution in [0.3, 0.4) is 0 Å². The maximum atomic E-state index is 13.1. The van der Waals surface area contributed by atoms with Crippen molar-refractivity contribution in [3.63, 3.8) is 0 Å². The molecule has 0 unspecified atom stereocenters. The van der Waals surface area contributed by atoms with Crippen LogP contribution in [0, 0.1) is 0 Å². The van der Waals surface area contributed by atoms with Gasteiger partial charge in [-0.2, -0.15) is 8.78 Å². The van der Waals surface area contributed by atoms with Crippen molar-refractivity contribution in [3.8, 4) is 5.75 Å². The third-order valence-corrected chi connectivity index (χ3v) is 5.21. The van der Waals surface area contributed by atoms with Crippen LogP contribution >= 0.6 is 11.3 Å². The van der Waals surface area contributed by atoms with Gasteiger partial charge in [0.05, 0.1) is 10.2 Å². The number of rotatable bonds is 6. The van der Waals surface area contributed by atoms with Gasteiger partial charge in [0.15, 0.2) is 5.13 Å². The molecule has 7 heteroatoms. The first-order valence-corrected chi connectivity index (χ1v) is 9.89. The number of carbonyl (C=O) groups is 1. The smallest absolute Gasteiger partial charge is 0.387 e. The first kappa shape index (κ1) is 19.7. The summed E-state index contributed by atoms with van der Waals surface area (Å²) >= 11 is 1.39. The van der Waals surface area contributed by atoms with Crippen molar-refractivity contribution < 1.29 is 18.3 Å². The summed E-state index contributed by atoms with van der Waals surface area (Å²) in [6, 6.07) is 23.0. The van der Waals surface area contributed by atoms with E-state index in [9.17, 15) is 13.6 Å². The van der Waals surface area contributed by atoms with Crippen molar-refractivity contribution in [2.75, 3.05) is 5.32 Å². The van der Waals surface area contributed by atoms with Crippen molar-refractivity contribution in [3.05, 3.63) is 90.0 Å². The second-order valence-electron chi connectivity index (χ2n) is 6.31. The fourth-order valence-electron chi connectivity index (χ4n) is 2.90. The minimum Gasteiger partial charge on any atom is -0.435 e. The van der Waals surface area contributed by atoms with E-state index in [0.717, 1.165) is 15.8 Å². The fourth-order valence-corrected chi connectivity index (χ4v) is 3.76. The van der Waals surface area contributed by atoms with Gasteiger partial charge in [0.2, 0.25) is 0 Å². The summed E-state index contributed by atoms with van der Waals surface area (Å²) in [6.45, 7) is -2.88. The van der Waals surface area contributed by atoms with E-state index in [1.54, 1.807) is 18.2 Å². The molecule has 0 aliphatic heterocycles. The van der Waals surface area contributed by atoms with E-state index in [2.05, 4.69) is 15.0 Å². The molecule has 4 nitrogen and oxygen atoms in total. The molecule has 0 bridgehead atoms. The molecule has 0 radical (unpaired) electrons. The zero-order valence-corrected chi connectivity index (χ0v) is 16.4. The van der Waals surface area contributed by atoms with Gasteiger partial charge >= 0.3 is 6.61 Å². The molecule has 4 rings (SSSR count). The van der Waals surface area contributed by atoms with Crippen LogP contribution in [0.2, 0.25) is 0 Å². The van der Waals surface area contributed by atoms with Gasteiger partial charge < -0.3 is 4.74 Å². The number of nitrogens with one attached hydrogen (secondary N) is 1. The highest BCUT2D eigenvalue weighted by Gasteiger charge is 2.15. The number of fused-ring (bicyclic) bond motifs is 1. The summed E-state index contributed by atoms with van der Waals surface area (Å²) in [4.78, 5) is 17.5. The van der Waals surface area contributed by atoms with E-state index in [-0.39, 0.29) is 11.7 Å². The maximum Gasteiger partial charge on any atom is 0.387 e. The van der Waals surface area contributed by atoms with Crippen LogP contribution in [-0.4, -0.2) is 17.5 Å². The largest absolute Gasteiger partial charge is 0.435 e. The molecule has 150 valence electrons. The number of amides is 1. The molecule has 0 aliphatic rings. The summed E-state index contributed by atoms with van der Waals surface area (Å²) < 4.78 is 30.1. The lowest BCUT2D eigenvalue weighted by atomic mass is 10.0. The minimum absolute atomic E-state index is 0.0577. The summed E-state index contributed by atoms with van der Waals surface area (Å²) in [6.07, 6.45) is 1.70. The van der Waals surface area contributed by atoms with Crippen LogP contribution in [0.15, 0.2) is 78.9 Å². The molecule has 0 atom stereocenters. The van der Waals surface area contributed by atoms with Crippen molar-refractivity contribution in [1.29, 1.82) is 0 Å². The summed E-state index contributed by atoms with van der Waals surface area (Å²) in [5.41, 5.74) is 2.65. The number of benzene rings is 3. The molecule has 0 spiro atoms. The second kappa shape index (κ2) is 8.84. The zero-order valence-electron chi connectivity index (χ0n) is 15.6. The predicted octanol–water partition coefficient (Wildman–Crippen LogP) is 6.08. The van der Waals surface area contributed by atoms with Gasteiger partial charge in [0, 0.05) is 5.57 Å². The number of para-hydroxylation sites is 1. The molecule has 30 heavy (non-hydrogen) atoms. The van der Waals surface area contributed by atoms with Gasteiger partial charge in [-0.05, 0) is 41.5 Å². The number of nitrogens with zero attached hydrogens (tertiary/aromatic N) is 1. The maximum absolute atomic E-state index is 13.1. The van der Waals surface area contributed by atoms with Crippen LogP contribution in [0.1, 0.15) is 11.1 Å². The number of thiazole rings is 1. The summed E-state index contributed by atoms with van der Waals surface area (Å²) in [5.74, 6) is -0.254. The minimum atomic E-state index is -2.88. The van der Waals surface area contributed by atoms with Gasteiger partial charge in [-0.25, -0.2) is 4.98 Å². The Hall–Kier alpha value is -3.58. The lowest BCUT2D eigenvalue weighted by Crippen LogP contribution is -2.13. The van der Waals surface area contributed by atoms with Crippen molar-refractivity contribution in [1.82, 2.24) is 4.98 Å². The fraction of sp³-hybridized carbons (Fsp3) is 0.0435. The number of halogens is 2. The van der Waals surface area contributed by atoms with E-state index < -0.39 is 6.61 Å². The lowest BCUT2D eigenvalue weighted by molar-refractivity contribution is -0.111. The molecule has 4 aromatic rings. The van der Waals surface area contributed by atoms with Crippen LogP contribution in [0.5, 0.6) is 5.75 Å². The molecule has 1 amide bonds. The molecule has 0 saturated carbocycles. The van der Waals surface area contributed by atoms with Crippen molar-refractivity contribution in [2.24, 2.45) is 0 Å². The van der Waals surface area contributed by atoms with Crippen LogP contribution in [0.4, 0.5) is 13.9 Å². The van der Waals surface area contributed by atoms with Gasteiger partial charge in [0.1, 0.15) is 5.75 Å². The highest BCUT2D eigenvalue weighted by atomic mass is 32.1. The molecule has 1 heterocycles. The Morgan fingerprint density at radius 3 is 2.37 bits per heavy atom. The molecule has 1 N–H and O–H groups in total. The average molecular weight is 422 g/mol. The van der Waals surface area contributed by atoms with Gasteiger partial charge in [-0.1, -0.05) is 65.9 Å². The van der Waals surface area contributed by atoms with Crippen LogP contribution in [-0.2, 0) is 4.79 Å². The normalized spacial score (nSPS) is 11.6. The Morgan fingerprint density at radius 1 is 0.967 bits per heavy atom. The van der Waals surface area contributed by atoms with E-state index in [1.807, 2.05) is 54.6 Å². The second-order valence-corrected chi connectivity index (χ2v) is 7.34. The Balaban J connectivity index is 1.64. The monoisotopic (exact) mass is 422 g/mol. The SMILES string of the molecule is O=C(Nc1nc2ccccc2s1)C(=Cc1ccc(OC(F)F)cc1)c1ccccc1. The Bertz CT molecular complexity index is 1160. The highest BCUT2D eigenvalue weighted by molar-refractivity contribution is 7.22. The molecular formula is C23H16F2N2O2S. The Kier molecular flexibility index (Phi) is 5.81. The lowest BCUT2D eigenvalue weighted by Gasteiger charge is -2.09. The zero-order chi connectivity index (χ0) is 20.9. The standard InChI is InChI=1S/C23H16F2N2O2S/c24-22(25)29-17-12-10-15(11-13-17)14-18(16-6-2-1-3-7-16)21(28)27-23-26-19-8-4-5-9-20(19)30-23/h1-14,22H,(H,26,27,28). The van der Waals surface area contributed by atoms with Gasteiger partial charge in [-0.3, -0.25) is 10.1 Å².